The Morgan fingerprint density at radius 3 is 2.62 bits per heavy atom. The molecule has 0 amide bonds. The summed E-state index contributed by atoms with van der Waals surface area (Å²) in [5.41, 5.74) is 5.86. The van der Waals surface area contributed by atoms with Crippen LogP contribution in [0.5, 0.6) is 0 Å². The van der Waals surface area contributed by atoms with Crippen LogP contribution in [-0.2, 0) is 14.8 Å². The van der Waals surface area contributed by atoms with Gasteiger partial charge in [0.25, 0.3) is 0 Å². The van der Waals surface area contributed by atoms with Crippen LogP contribution in [0.4, 0.5) is 0 Å². The first kappa shape index (κ1) is 16.0. The lowest BCUT2D eigenvalue weighted by atomic mass is 10.1. The maximum atomic E-state index is 12.8. The number of hydrogen-bond acceptors (Lipinski definition) is 4. The Balaban J connectivity index is 2.28. The molecule has 1 aromatic carbocycles. The van der Waals surface area contributed by atoms with E-state index in [1.165, 1.54) is 4.31 Å². The molecule has 2 N–H and O–H groups in total. The molecule has 0 atom stereocenters. The molecular weight excluding hydrogens is 288 g/mol. The van der Waals surface area contributed by atoms with Crippen LogP contribution in [0.2, 0.25) is 0 Å². The lowest BCUT2D eigenvalue weighted by Gasteiger charge is -2.30. The lowest BCUT2D eigenvalue weighted by Crippen LogP contribution is -2.40. The van der Waals surface area contributed by atoms with Crippen molar-refractivity contribution in [2.75, 3.05) is 26.7 Å². The SMILES string of the molecule is COC1CCN(S(=O)(=O)c2ccccc2C#CCN)CC1. The van der Waals surface area contributed by atoms with Crippen LogP contribution >= 0.6 is 0 Å². The van der Waals surface area contributed by atoms with E-state index in [1.807, 2.05) is 0 Å². The van der Waals surface area contributed by atoms with Gasteiger partial charge >= 0.3 is 0 Å². The molecule has 0 unspecified atom stereocenters. The Labute approximate surface area is 126 Å². The Morgan fingerprint density at radius 1 is 1.33 bits per heavy atom. The molecule has 0 aromatic heterocycles. The number of nitrogens with two attached hydrogens (primary N) is 1. The number of nitrogens with zero attached hydrogens (tertiary/aromatic N) is 1. The van der Waals surface area contributed by atoms with Crippen molar-refractivity contribution in [1.29, 1.82) is 0 Å². The molecule has 0 bridgehead atoms. The lowest BCUT2D eigenvalue weighted by molar-refractivity contribution is 0.0604. The van der Waals surface area contributed by atoms with Gasteiger partial charge in [-0.2, -0.15) is 4.31 Å². The fraction of sp³-hybridized carbons (Fsp3) is 0.467. The highest BCUT2D eigenvalue weighted by molar-refractivity contribution is 7.89. The number of rotatable bonds is 3. The maximum absolute atomic E-state index is 12.8. The average molecular weight is 308 g/mol. The molecular formula is C15H20N2O3S. The van der Waals surface area contributed by atoms with E-state index in [0.29, 0.717) is 31.5 Å². The number of benzene rings is 1. The summed E-state index contributed by atoms with van der Waals surface area (Å²) in [4.78, 5) is 0.252. The summed E-state index contributed by atoms with van der Waals surface area (Å²) < 4.78 is 32.3. The van der Waals surface area contributed by atoms with Crippen LogP contribution in [-0.4, -0.2) is 45.6 Å². The molecule has 0 radical (unpaired) electrons. The van der Waals surface area contributed by atoms with Gasteiger partial charge < -0.3 is 10.5 Å². The minimum Gasteiger partial charge on any atom is -0.381 e. The van der Waals surface area contributed by atoms with Crippen molar-refractivity contribution in [2.24, 2.45) is 5.73 Å². The molecule has 6 heteroatoms. The molecule has 0 aliphatic carbocycles. The zero-order valence-corrected chi connectivity index (χ0v) is 12.9. The molecule has 1 saturated heterocycles. The number of ether oxygens (including phenoxy) is 1. The minimum atomic E-state index is -3.52. The highest BCUT2D eigenvalue weighted by Crippen LogP contribution is 2.24. The standard InChI is InChI=1S/C15H20N2O3S/c1-20-14-8-11-17(12-9-14)21(18,19)15-7-3-2-5-13(15)6-4-10-16/h2-3,5,7,14H,8-12,16H2,1H3. The fourth-order valence-electron chi connectivity index (χ4n) is 2.39. The average Bonchev–Trinajstić information content (AvgIpc) is 2.53. The van der Waals surface area contributed by atoms with Crippen molar-refractivity contribution in [3.63, 3.8) is 0 Å². The summed E-state index contributed by atoms with van der Waals surface area (Å²) in [5.74, 6) is 5.54. The van der Waals surface area contributed by atoms with E-state index < -0.39 is 10.0 Å². The zero-order chi connectivity index (χ0) is 15.3. The van der Waals surface area contributed by atoms with E-state index in [4.69, 9.17) is 10.5 Å². The van der Waals surface area contributed by atoms with Crippen LogP contribution in [0.1, 0.15) is 18.4 Å². The highest BCUT2D eigenvalue weighted by Gasteiger charge is 2.30. The third-order valence-electron chi connectivity index (χ3n) is 3.56. The first-order valence-electron chi connectivity index (χ1n) is 6.90. The predicted octanol–water partition coefficient (Wildman–Crippen LogP) is 0.796. The molecule has 1 aromatic rings. The van der Waals surface area contributed by atoms with Gasteiger partial charge in [-0.25, -0.2) is 8.42 Å². The molecule has 5 nitrogen and oxygen atoms in total. The van der Waals surface area contributed by atoms with Gasteiger partial charge in [0.2, 0.25) is 10.0 Å². The molecule has 1 heterocycles. The molecule has 1 fully saturated rings. The van der Waals surface area contributed by atoms with Crippen LogP contribution in [0.25, 0.3) is 0 Å². The van der Waals surface area contributed by atoms with Gasteiger partial charge in [0, 0.05) is 25.8 Å². The smallest absolute Gasteiger partial charge is 0.244 e. The Kier molecular flexibility index (Phi) is 5.37. The summed E-state index contributed by atoms with van der Waals surface area (Å²) in [6, 6.07) is 6.79. The number of methoxy groups -OCH3 is 1. The van der Waals surface area contributed by atoms with Crippen LogP contribution in [0.15, 0.2) is 29.2 Å². The van der Waals surface area contributed by atoms with Gasteiger partial charge in [-0.05, 0) is 25.0 Å². The molecule has 1 aliphatic rings. The summed E-state index contributed by atoms with van der Waals surface area (Å²) in [6.45, 7) is 1.15. The van der Waals surface area contributed by atoms with Gasteiger partial charge in [0.1, 0.15) is 0 Å². The van der Waals surface area contributed by atoms with Crippen LogP contribution in [0, 0.1) is 11.8 Å². The highest BCUT2D eigenvalue weighted by atomic mass is 32.2. The van der Waals surface area contributed by atoms with Crippen molar-refractivity contribution in [3.05, 3.63) is 29.8 Å². The molecule has 0 spiro atoms. The quantitative estimate of drug-likeness (QED) is 0.838. The normalized spacial score (nSPS) is 17.2. The summed E-state index contributed by atoms with van der Waals surface area (Å²) >= 11 is 0. The Hall–Kier alpha value is -1.39. The second kappa shape index (κ2) is 7.05. The first-order valence-corrected chi connectivity index (χ1v) is 8.34. The summed E-state index contributed by atoms with van der Waals surface area (Å²) in [7, 11) is -1.86. The van der Waals surface area contributed by atoms with E-state index >= 15 is 0 Å². The summed E-state index contributed by atoms with van der Waals surface area (Å²) in [5, 5.41) is 0. The monoisotopic (exact) mass is 308 g/mol. The van der Waals surface area contributed by atoms with Gasteiger partial charge in [-0.1, -0.05) is 24.0 Å². The molecule has 21 heavy (non-hydrogen) atoms. The zero-order valence-electron chi connectivity index (χ0n) is 12.1. The first-order chi connectivity index (χ1) is 10.1. The third-order valence-corrected chi connectivity index (χ3v) is 5.52. The van der Waals surface area contributed by atoms with Crippen molar-refractivity contribution in [2.45, 2.75) is 23.8 Å². The maximum Gasteiger partial charge on any atom is 0.244 e. The second-order valence-electron chi connectivity index (χ2n) is 4.84. The van der Waals surface area contributed by atoms with E-state index in [2.05, 4.69) is 11.8 Å². The Morgan fingerprint density at radius 2 is 2.00 bits per heavy atom. The molecule has 0 saturated carbocycles. The van der Waals surface area contributed by atoms with E-state index in [1.54, 1.807) is 31.4 Å². The largest absolute Gasteiger partial charge is 0.381 e. The van der Waals surface area contributed by atoms with Crippen molar-refractivity contribution >= 4 is 10.0 Å². The predicted molar refractivity (Wildman–Crippen MR) is 81.2 cm³/mol. The van der Waals surface area contributed by atoms with Crippen molar-refractivity contribution < 1.29 is 13.2 Å². The van der Waals surface area contributed by atoms with E-state index in [-0.39, 0.29) is 17.5 Å². The van der Waals surface area contributed by atoms with Crippen molar-refractivity contribution in [1.82, 2.24) is 4.31 Å². The summed E-state index contributed by atoms with van der Waals surface area (Å²) in [6.07, 6.45) is 1.57. The molecule has 1 aliphatic heterocycles. The molecule has 114 valence electrons. The fourth-order valence-corrected chi connectivity index (χ4v) is 4.01. The van der Waals surface area contributed by atoms with Gasteiger partial charge in [-0.3, -0.25) is 0 Å². The minimum absolute atomic E-state index is 0.142. The van der Waals surface area contributed by atoms with Crippen molar-refractivity contribution in [3.8, 4) is 11.8 Å². The molecule has 2 rings (SSSR count). The Bertz CT molecular complexity index is 638. The second-order valence-corrected chi connectivity index (χ2v) is 6.75. The van der Waals surface area contributed by atoms with E-state index in [9.17, 15) is 8.42 Å². The number of hydrogen-bond donors (Lipinski definition) is 1. The van der Waals surface area contributed by atoms with E-state index in [0.717, 1.165) is 0 Å². The van der Waals surface area contributed by atoms with Crippen LogP contribution in [0.3, 0.4) is 0 Å². The topological polar surface area (TPSA) is 72.6 Å². The van der Waals surface area contributed by atoms with Crippen LogP contribution < -0.4 is 5.73 Å². The van der Waals surface area contributed by atoms with Gasteiger partial charge in [0.05, 0.1) is 17.5 Å². The van der Waals surface area contributed by atoms with Gasteiger partial charge in [0.15, 0.2) is 0 Å². The van der Waals surface area contributed by atoms with Gasteiger partial charge in [-0.15, -0.1) is 0 Å². The number of sulfonamides is 1. The number of piperidine rings is 1. The third kappa shape index (κ3) is 3.63.